The van der Waals surface area contributed by atoms with Crippen molar-refractivity contribution < 1.29 is 49.0 Å². The molecule has 1 aliphatic rings. The summed E-state index contributed by atoms with van der Waals surface area (Å²) >= 11 is 1.34. The first kappa shape index (κ1) is 28.4. The molecule has 0 saturated carbocycles. The van der Waals surface area contributed by atoms with Gasteiger partial charge in [0.05, 0.1) is 11.5 Å². The van der Waals surface area contributed by atoms with E-state index in [1.54, 1.807) is 12.1 Å². The zero-order valence-electron chi connectivity index (χ0n) is 19.9. The third-order valence-electron chi connectivity index (χ3n) is 4.45. The minimum Gasteiger partial charge on any atom is -0.494 e. The van der Waals surface area contributed by atoms with Gasteiger partial charge >= 0.3 is 29.6 Å². The van der Waals surface area contributed by atoms with Crippen LogP contribution in [-0.4, -0.2) is 28.8 Å². The van der Waals surface area contributed by atoms with E-state index in [2.05, 4.69) is 47.6 Å². The SMILES string of the molecule is CC(=O)O.CCCOc1ccc(-c2ccc(C=C3SC(=Nc4cc[c-]cc4)NC3=O)cc2)cc1.[Na+]. The number of amidine groups is 1. The Labute approximate surface area is 231 Å². The summed E-state index contributed by atoms with van der Waals surface area (Å²) < 4.78 is 5.64. The van der Waals surface area contributed by atoms with Crippen molar-refractivity contribution in [2.45, 2.75) is 20.3 Å². The standard InChI is InChI=1S/C25H21N2O2S.C2H4O2.Na/c1-2-16-29-22-14-12-20(13-15-22)19-10-8-18(9-11-19)17-23-24(28)27-25(30-23)26-21-6-4-3-5-7-21;1-2(3)4;/h4-15,17H,2,16H2,1H3,(H,26,27,28);1H3,(H,3,4);/q-1;;+1. The molecule has 0 unspecified atom stereocenters. The fraction of sp³-hybridized carbons (Fsp3) is 0.148. The number of nitrogens with one attached hydrogen (secondary N) is 1. The molecule has 0 atom stereocenters. The second kappa shape index (κ2) is 14.5. The van der Waals surface area contributed by atoms with Gasteiger partial charge in [-0.1, -0.05) is 43.3 Å². The van der Waals surface area contributed by atoms with Gasteiger partial charge in [0.2, 0.25) is 0 Å². The summed E-state index contributed by atoms with van der Waals surface area (Å²) in [4.78, 5) is 26.4. The van der Waals surface area contributed by atoms with Crippen LogP contribution in [0.2, 0.25) is 0 Å². The number of carboxylic acid groups (broad SMARTS) is 1. The van der Waals surface area contributed by atoms with E-state index < -0.39 is 5.97 Å². The summed E-state index contributed by atoms with van der Waals surface area (Å²) in [6, 6.07) is 26.5. The molecule has 1 aliphatic heterocycles. The number of amides is 1. The molecular weight excluding hydrogens is 471 g/mol. The third-order valence-corrected chi connectivity index (χ3v) is 5.36. The Morgan fingerprint density at radius 3 is 2.20 bits per heavy atom. The number of carbonyl (C=O) groups excluding carboxylic acids is 1. The fourth-order valence-corrected chi connectivity index (χ4v) is 3.78. The summed E-state index contributed by atoms with van der Waals surface area (Å²) in [5.41, 5.74) is 3.99. The van der Waals surface area contributed by atoms with Gasteiger partial charge in [0, 0.05) is 6.92 Å². The molecule has 2 N–H and O–H groups in total. The van der Waals surface area contributed by atoms with Crippen LogP contribution in [0.3, 0.4) is 0 Å². The number of carbonyl (C=O) groups is 2. The van der Waals surface area contributed by atoms with Crippen molar-refractivity contribution in [2.24, 2.45) is 4.99 Å². The monoisotopic (exact) mass is 496 g/mol. The van der Waals surface area contributed by atoms with Crippen LogP contribution in [0, 0.1) is 6.07 Å². The molecule has 0 spiro atoms. The van der Waals surface area contributed by atoms with Gasteiger partial charge in [0.1, 0.15) is 5.75 Å². The molecule has 3 aromatic rings. The molecule has 0 radical (unpaired) electrons. The van der Waals surface area contributed by atoms with Crippen LogP contribution < -0.4 is 39.6 Å². The number of carboxylic acids is 1. The smallest absolute Gasteiger partial charge is 0.494 e. The number of benzene rings is 3. The first-order valence-corrected chi connectivity index (χ1v) is 11.5. The number of aliphatic imine (C=N–C) groups is 1. The Morgan fingerprint density at radius 1 is 1.06 bits per heavy atom. The normalized spacial score (nSPS) is 14.5. The molecule has 4 rings (SSSR count). The van der Waals surface area contributed by atoms with Gasteiger partial charge in [-0.3, -0.25) is 14.6 Å². The number of hydrogen-bond donors (Lipinski definition) is 2. The van der Waals surface area contributed by atoms with E-state index in [4.69, 9.17) is 14.6 Å². The first-order chi connectivity index (χ1) is 16.4. The molecular formula is C27H25N2NaO4S. The Bertz CT molecular complexity index is 1170. The average Bonchev–Trinajstić information content (AvgIpc) is 3.17. The van der Waals surface area contributed by atoms with Crippen molar-refractivity contribution in [3.05, 3.63) is 89.3 Å². The van der Waals surface area contributed by atoms with Gasteiger partial charge in [-0.2, -0.15) is 18.2 Å². The van der Waals surface area contributed by atoms with Crippen LogP contribution in [0.25, 0.3) is 17.2 Å². The van der Waals surface area contributed by atoms with Crippen molar-refractivity contribution in [3.8, 4) is 16.9 Å². The molecule has 174 valence electrons. The molecule has 35 heavy (non-hydrogen) atoms. The van der Waals surface area contributed by atoms with E-state index in [1.165, 1.54) is 11.8 Å². The second-order valence-electron chi connectivity index (χ2n) is 7.25. The van der Waals surface area contributed by atoms with Gasteiger partial charge < -0.3 is 15.2 Å². The van der Waals surface area contributed by atoms with E-state index in [0.29, 0.717) is 10.1 Å². The van der Waals surface area contributed by atoms with Crippen LogP contribution >= 0.6 is 11.8 Å². The molecule has 8 heteroatoms. The van der Waals surface area contributed by atoms with Gasteiger partial charge in [0.15, 0.2) is 5.17 Å². The molecule has 3 aromatic carbocycles. The minimum absolute atomic E-state index is 0. The van der Waals surface area contributed by atoms with E-state index in [0.717, 1.165) is 48.1 Å². The van der Waals surface area contributed by atoms with Crippen LogP contribution in [0.1, 0.15) is 25.8 Å². The van der Waals surface area contributed by atoms with Gasteiger partial charge in [0.25, 0.3) is 11.9 Å². The van der Waals surface area contributed by atoms with Crippen LogP contribution in [-0.2, 0) is 9.59 Å². The second-order valence-corrected chi connectivity index (χ2v) is 8.28. The molecule has 1 amide bonds. The summed E-state index contributed by atoms with van der Waals surface area (Å²) in [5, 5.41) is 10.8. The predicted molar refractivity (Wildman–Crippen MR) is 137 cm³/mol. The number of aliphatic carboxylic acids is 1. The molecule has 1 saturated heterocycles. The molecule has 6 nitrogen and oxygen atoms in total. The molecule has 0 aliphatic carbocycles. The number of hydrogen-bond acceptors (Lipinski definition) is 5. The van der Waals surface area contributed by atoms with E-state index in [-0.39, 0.29) is 35.5 Å². The van der Waals surface area contributed by atoms with Crippen molar-refractivity contribution in [2.75, 3.05) is 6.61 Å². The van der Waals surface area contributed by atoms with Crippen LogP contribution in [0.15, 0.2) is 82.7 Å². The number of thioether (sulfide) groups is 1. The molecule has 1 fully saturated rings. The van der Waals surface area contributed by atoms with Gasteiger partial charge in [-0.15, -0.1) is 12.1 Å². The van der Waals surface area contributed by atoms with Crippen LogP contribution in [0.4, 0.5) is 5.69 Å². The van der Waals surface area contributed by atoms with E-state index in [9.17, 15) is 4.79 Å². The Kier molecular flexibility index (Phi) is 11.8. The van der Waals surface area contributed by atoms with Gasteiger partial charge in [-0.25, -0.2) is 0 Å². The molecule has 1 heterocycles. The number of ether oxygens (including phenoxy) is 1. The van der Waals surface area contributed by atoms with Crippen molar-refractivity contribution in [1.82, 2.24) is 5.32 Å². The number of rotatable bonds is 6. The van der Waals surface area contributed by atoms with E-state index in [1.807, 2.05) is 42.5 Å². The molecule has 0 bridgehead atoms. The minimum atomic E-state index is -0.833. The maximum atomic E-state index is 12.3. The van der Waals surface area contributed by atoms with E-state index >= 15 is 0 Å². The number of nitrogens with zero attached hydrogens (tertiary/aromatic N) is 1. The summed E-state index contributed by atoms with van der Waals surface area (Å²) in [7, 11) is 0. The van der Waals surface area contributed by atoms with Crippen molar-refractivity contribution >= 4 is 40.6 Å². The van der Waals surface area contributed by atoms with Gasteiger partial charge in [-0.05, 0) is 58.8 Å². The zero-order valence-corrected chi connectivity index (χ0v) is 22.8. The molecule has 0 aromatic heterocycles. The maximum Gasteiger partial charge on any atom is 1.00 e. The quantitative estimate of drug-likeness (QED) is 0.311. The summed E-state index contributed by atoms with van der Waals surface area (Å²) in [6.07, 6.45) is 2.88. The Morgan fingerprint density at radius 2 is 1.63 bits per heavy atom. The first-order valence-electron chi connectivity index (χ1n) is 10.7. The Hall–Kier alpha value is -2.84. The van der Waals surface area contributed by atoms with Crippen LogP contribution in [0.5, 0.6) is 5.75 Å². The Balaban J connectivity index is 0.000000804. The fourth-order valence-electron chi connectivity index (χ4n) is 2.94. The van der Waals surface area contributed by atoms with Crippen molar-refractivity contribution in [3.63, 3.8) is 0 Å². The summed E-state index contributed by atoms with van der Waals surface area (Å²) in [5.74, 6) is -0.0784. The topological polar surface area (TPSA) is 88.0 Å². The average molecular weight is 497 g/mol. The summed E-state index contributed by atoms with van der Waals surface area (Å²) in [6.45, 7) is 3.90. The zero-order chi connectivity index (χ0) is 24.3. The predicted octanol–water partition coefficient (Wildman–Crippen LogP) is 2.93. The van der Waals surface area contributed by atoms with Crippen molar-refractivity contribution in [1.29, 1.82) is 0 Å². The third kappa shape index (κ3) is 9.38. The largest absolute Gasteiger partial charge is 1.00 e. The maximum absolute atomic E-state index is 12.3.